The zero-order chi connectivity index (χ0) is 11.9. The van der Waals surface area contributed by atoms with Gasteiger partial charge in [0.25, 0.3) is 0 Å². The van der Waals surface area contributed by atoms with Crippen LogP contribution in [0.5, 0.6) is 0 Å². The van der Waals surface area contributed by atoms with Crippen molar-refractivity contribution in [2.75, 3.05) is 19.6 Å². The van der Waals surface area contributed by atoms with Crippen LogP contribution in [0.25, 0.3) is 0 Å². The molecule has 0 radical (unpaired) electrons. The predicted molar refractivity (Wildman–Crippen MR) is 63.2 cm³/mol. The van der Waals surface area contributed by atoms with Gasteiger partial charge in [0, 0.05) is 13.1 Å². The molecule has 3 heteroatoms. The van der Waals surface area contributed by atoms with E-state index in [1.165, 1.54) is 0 Å². The van der Waals surface area contributed by atoms with Gasteiger partial charge in [0.05, 0.1) is 12.0 Å². The Bertz CT molecular complexity index is 238. The molecule has 0 heterocycles. The first-order chi connectivity index (χ1) is 7.05. The molecule has 0 saturated carbocycles. The van der Waals surface area contributed by atoms with Gasteiger partial charge in [-0.25, -0.2) is 0 Å². The number of nitrogens with zero attached hydrogens (tertiary/aromatic N) is 1. The molecular formula is C12H22N2O. The molecular weight excluding hydrogens is 188 g/mol. The molecule has 0 aromatic carbocycles. The molecule has 15 heavy (non-hydrogen) atoms. The number of carbonyl (C=O) groups excluding carboxylic acids is 1. The van der Waals surface area contributed by atoms with E-state index in [4.69, 9.17) is 12.2 Å². The van der Waals surface area contributed by atoms with Gasteiger partial charge in [-0.3, -0.25) is 4.79 Å². The quantitative estimate of drug-likeness (QED) is 0.670. The third-order valence-electron chi connectivity index (χ3n) is 2.81. The maximum absolute atomic E-state index is 12.2. The van der Waals surface area contributed by atoms with E-state index in [-0.39, 0.29) is 5.91 Å². The third kappa shape index (κ3) is 3.56. The Morgan fingerprint density at radius 3 is 2.47 bits per heavy atom. The van der Waals surface area contributed by atoms with Gasteiger partial charge >= 0.3 is 0 Å². The average Bonchev–Trinajstić information content (AvgIpc) is 2.26. The topological polar surface area (TPSA) is 46.3 Å². The summed E-state index contributed by atoms with van der Waals surface area (Å²) in [6, 6.07) is 0. The van der Waals surface area contributed by atoms with Crippen LogP contribution in [-0.4, -0.2) is 30.4 Å². The van der Waals surface area contributed by atoms with E-state index >= 15 is 0 Å². The molecule has 0 aliphatic carbocycles. The van der Waals surface area contributed by atoms with E-state index < -0.39 is 5.41 Å². The fraction of sp³-hybridized carbons (Fsp3) is 0.750. The smallest absolute Gasteiger partial charge is 0.230 e. The molecule has 1 unspecified atom stereocenters. The van der Waals surface area contributed by atoms with Gasteiger partial charge < -0.3 is 10.6 Å². The number of amides is 1. The lowest BCUT2D eigenvalue weighted by Crippen LogP contribution is -2.46. The van der Waals surface area contributed by atoms with Crippen LogP contribution in [0.15, 0.2) is 0 Å². The molecule has 0 aliphatic heterocycles. The molecule has 2 N–H and O–H groups in total. The van der Waals surface area contributed by atoms with Gasteiger partial charge in [-0.05, 0) is 19.8 Å². The van der Waals surface area contributed by atoms with Crippen molar-refractivity contribution in [3.05, 3.63) is 0 Å². The van der Waals surface area contributed by atoms with Crippen molar-refractivity contribution in [2.45, 2.75) is 33.6 Å². The van der Waals surface area contributed by atoms with Crippen LogP contribution in [0.1, 0.15) is 33.6 Å². The monoisotopic (exact) mass is 210 g/mol. The fourth-order valence-electron chi connectivity index (χ4n) is 1.40. The maximum Gasteiger partial charge on any atom is 0.230 e. The van der Waals surface area contributed by atoms with Crippen molar-refractivity contribution < 1.29 is 4.79 Å². The lowest BCUT2D eigenvalue weighted by atomic mass is 9.86. The van der Waals surface area contributed by atoms with Crippen molar-refractivity contribution >= 4 is 5.91 Å². The highest BCUT2D eigenvalue weighted by molar-refractivity contribution is 5.82. The van der Waals surface area contributed by atoms with E-state index in [1.807, 2.05) is 20.8 Å². The fourth-order valence-corrected chi connectivity index (χ4v) is 1.40. The summed E-state index contributed by atoms with van der Waals surface area (Å²) in [5.74, 6) is 2.59. The minimum absolute atomic E-state index is 0.0762. The van der Waals surface area contributed by atoms with Gasteiger partial charge in [-0.2, -0.15) is 0 Å². The van der Waals surface area contributed by atoms with Crippen LogP contribution < -0.4 is 5.73 Å². The number of terminal acetylenes is 1. The largest absolute Gasteiger partial charge is 0.331 e. The van der Waals surface area contributed by atoms with E-state index in [9.17, 15) is 4.79 Å². The van der Waals surface area contributed by atoms with Crippen LogP contribution in [0, 0.1) is 17.8 Å². The molecule has 1 amide bonds. The van der Waals surface area contributed by atoms with Crippen molar-refractivity contribution in [3.63, 3.8) is 0 Å². The Labute approximate surface area is 93.0 Å². The second-order valence-corrected chi connectivity index (χ2v) is 4.05. The summed E-state index contributed by atoms with van der Waals surface area (Å²) in [4.78, 5) is 13.9. The first-order valence-corrected chi connectivity index (χ1v) is 5.48. The SMILES string of the molecule is C#CCN(CCC)C(=O)C(C)(CC)CN. The highest BCUT2D eigenvalue weighted by Gasteiger charge is 2.32. The highest BCUT2D eigenvalue weighted by Crippen LogP contribution is 2.22. The summed E-state index contributed by atoms with van der Waals surface area (Å²) in [5, 5.41) is 0. The van der Waals surface area contributed by atoms with Gasteiger partial charge in [-0.15, -0.1) is 6.42 Å². The van der Waals surface area contributed by atoms with Gasteiger partial charge in [-0.1, -0.05) is 19.8 Å². The van der Waals surface area contributed by atoms with Crippen LogP contribution >= 0.6 is 0 Å². The first-order valence-electron chi connectivity index (χ1n) is 5.48. The number of hydrogen-bond acceptors (Lipinski definition) is 2. The summed E-state index contributed by atoms with van der Waals surface area (Å²) in [5.41, 5.74) is 5.18. The highest BCUT2D eigenvalue weighted by atomic mass is 16.2. The number of rotatable bonds is 6. The van der Waals surface area contributed by atoms with Crippen LogP contribution in [0.4, 0.5) is 0 Å². The molecule has 0 bridgehead atoms. The van der Waals surface area contributed by atoms with Crippen LogP contribution in [0.3, 0.4) is 0 Å². The summed E-state index contributed by atoms with van der Waals surface area (Å²) >= 11 is 0. The van der Waals surface area contributed by atoms with E-state index in [2.05, 4.69) is 5.92 Å². The molecule has 86 valence electrons. The lowest BCUT2D eigenvalue weighted by molar-refractivity contribution is -0.140. The molecule has 0 fully saturated rings. The lowest BCUT2D eigenvalue weighted by Gasteiger charge is -2.31. The number of carbonyl (C=O) groups is 1. The summed E-state index contributed by atoms with van der Waals surface area (Å²) in [6.07, 6.45) is 6.91. The average molecular weight is 210 g/mol. The molecule has 0 spiro atoms. The maximum atomic E-state index is 12.2. The number of nitrogens with two attached hydrogens (primary N) is 1. The van der Waals surface area contributed by atoms with E-state index in [1.54, 1.807) is 4.90 Å². The van der Waals surface area contributed by atoms with E-state index in [0.717, 1.165) is 12.8 Å². The molecule has 0 aliphatic rings. The Morgan fingerprint density at radius 2 is 2.13 bits per heavy atom. The van der Waals surface area contributed by atoms with Gasteiger partial charge in [0.1, 0.15) is 0 Å². The predicted octanol–water partition coefficient (Wildman–Crippen LogP) is 1.23. The standard InChI is InChI=1S/C12H22N2O/c1-5-8-14(9-6-2)11(15)12(4,7-3)10-13/h1H,6-10,13H2,2-4H3. The van der Waals surface area contributed by atoms with Crippen LogP contribution in [0.2, 0.25) is 0 Å². The van der Waals surface area contributed by atoms with Crippen LogP contribution in [-0.2, 0) is 4.79 Å². The minimum atomic E-state index is -0.466. The van der Waals surface area contributed by atoms with Crippen molar-refractivity contribution in [3.8, 4) is 12.3 Å². The Hall–Kier alpha value is -1.01. The Kier molecular flexibility index (Phi) is 6.03. The van der Waals surface area contributed by atoms with Crippen molar-refractivity contribution in [1.29, 1.82) is 0 Å². The third-order valence-corrected chi connectivity index (χ3v) is 2.81. The molecule has 0 aromatic heterocycles. The van der Waals surface area contributed by atoms with Crippen molar-refractivity contribution in [1.82, 2.24) is 4.90 Å². The number of hydrogen-bond donors (Lipinski definition) is 1. The minimum Gasteiger partial charge on any atom is -0.331 e. The molecule has 0 aromatic rings. The zero-order valence-corrected chi connectivity index (χ0v) is 10.0. The second-order valence-electron chi connectivity index (χ2n) is 4.05. The zero-order valence-electron chi connectivity index (χ0n) is 10.0. The summed E-state index contributed by atoms with van der Waals surface area (Å²) in [6.45, 7) is 7.36. The molecule has 3 nitrogen and oxygen atoms in total. The normalized spacial score (nSPS) is 14.1. The van der Waals surface area contributed by atoms with Gasteiger partial charge in [0.15, 0.2) is 0 Å². The molecule has 1 atom stereocenters. The Balaban J connectivity index is 4.68. The summed E-state index contributed by atoms with van der Waals surface area (Å²) < 4.78 is 0. The first kappa shape index (κ1) is 14.0. The van der Waals surface area contributed by atoms with E-state index in [0.29, 0.717) is 19.6 Å². The summed E-state index contributed by atoms with van der Waals surface area (Å²) in [7, 11) is 0. The second kappa shape index (κ2) is 6.47. The molecule has 0 saturated heterocycles. The van der Waals surface area contributed by atoms with Crippen molar-refractivity contribution in [2.24, 2.45) is 11.1 Å². The van der Waals surface area contributed by atoms with Gasteiger partial charge in [0.2, 0.25) is 5.91 Å². The Morgan fingerprint density at radius 1 is 1.53 bits per heavy atom. The molecule has 0 rings (SSSR count).